The van der Waals surface area contributed by atoms with E-state index in [1.807, 2.05) is 13.8 Å². The number of carbonyl (C=O) groups is 1. The van der Waals surface area contributed by atoms with Crippen LogP contribution in [0.4, 0.5) is 15.6 Å². The van der Waals surface area contributed by atoms with Gasteiger partial charge in [-0.25, -0.2) is 9.69 Å². The highest BCUT2D eigenvalue weighted by atomic mass is 32.2. The number of benzene rings is 1. The molecule has 0 radical (unpaired) electrons. The molecule has 2 heterocycles. The lowest BCUT2D eigenvalue weighted by Crippen LogP contribution is -2.51. The number of amides is 1. The van der Waals surface area contributed by atoms with Crippen LogP contribution in [0.5, 0.6) is 5.75 Å². The summed E-state index contributed by atoms with van der Waals surface area (Å²) in [5.41, 5.74) is 0.452. The number of anilines is 1. The van der Waals surface area contributed by atoms with Crippen molar-refractivity contribution in [1.29, 1.82) is 0 Å². The minimum absolute atomic E-state index is 0.0442. The normalized spacial score (nSPS) is 22.6. The molecule has 30 heavy (non-hydrogen) atoms. The number of hydrogen-bond donors (Lipinski definition) is 1. The van der Waals surface area contributed by atoms with Gasteiger partial charge in [-0.2, -0.15) is 0 Å². The minimum atomic E-state index is -1.29. The fourth-order valence-electron chi connectivity index (χ4n) is 3.05. The minimum Gasteiger partial charge on any atom is -0.622 e. The Morgan fingerprint density at radius 1 is 1.40 bits per heavy atom. The van der Waals surface area contributed by atoms with Crippen LogP contribution in [-0.2, 0) is 15.5 Å². The van der Waals surface area contributed by atoms with Gasteiger partial charge in [-0.05, 0) is 43.9 Å². The van der Waals surface area contributed by atoms with Gasteiger partial charge in [0.25, 0.3) is 6.23 Å². The van der Waals surface area contributed by atoms with Crippen LogP contribution in [0.25, 0.3) is 0 Å². The summed E-state index contributed by atoms with van der Waals surface area (Å²) < 4.78 is 22.5. The zero-order chi connectivity index (χ0) is 21.7. The molecule has 164 valence electrons. The Morgan fingerprint density at radius 2 is 2.17 bits per heavy atom. The summed E-state index contributed by atoms with van der Waals surface area (Å²) >= 11 is 1.00. The van der Waals surface area contributed by atoms with Gasteiger partial charge in [-0.15, -0.1) is 5.10 Å². The van der Waals surface area contributed by atoms with E-state index in [0.29, 0.717) is 28.1 Å². The van der Waals surface area contributed by atoms with Crippen molar-refractivity contribution in [3.63, 3.8) is 0 Å². The molecule has 1 saturated heterocycles. The number of nitrogens with zero attached hydrogens (tertiary/aromatic N) is 4. The molecule has 2 aromatic rings. The van der Waals surface area contributed by atoms with Crippen LogP contribution in [0.2, 0.25) is 0 Å². The molecule has 3 unspecified atom stereocenters. The second-order valence-corrected chi connectivity index (χ2v) is 9.49. The number of likely N-dealkylation sites (N-methyl/N-ethyl adjacent to an activating group) is 1. The number of hydrogen-bond acceptors (Lipinski definition) is 9. The van der Waals surface area contributed by atoms with Crippen LogP contribution in [0.15, 0.2) is 28.6 Å². The highest BCUT2D eigenvalue weighted by Crippen LogP contribution is 2.35. The predicted molar refractivity (Wildman–Crippen MR) is 116 cm³/mol. The Kier molecular flexibility index (Phi) is 7.36. The number of hydroxylamine groups is 2. The van der Waals surface area contributed by atoms with Gasteiger partial charge >= 0.3 is 11.2 Å². The third kappa shape index (κ3) is 4.95. The highest BCUT2D eigenvalue weighted by molar-refractivity contribution is 7.87. The smallest absolute Gasteiger partial charge is 0.416 e. The maximum absolute atomic E-state index is 13.6. The van der Waals surface area contributed by atoms with Gasteiger partial charge in [0.1, 0.15) is 12.4 Å². The fraction of sp³-hybridized carbons (Fsp3) is 0.500. The van der Waals surface area contributed by atoms with Gasteiger partial charge in [0.2, 0.25) is 4.34 Å². The Morgan fingerprint density at radius 3 is 2.90 bits per heavy atom. The van der Waals surface area contributed by atoms with Crippen molar-refractivity contribution in [2.45, 2.75) is 30.8 Å². The second kappa shape index (κ2) is 9.79. The fourth-order valence-corrected chi connectivity index (χ4v) is 5.22. The first-order valence-electron chi connectivity index (χ1n) is 9.56. The Bertz CT molecular complexity index is 911. The first kappa shape index (κ1) is 22.6. The summed E-state index contributed by atoms with van der Waals surface area (Å²) in [6.07, 6.45) is -1.06. The van der Waals surface area contributed by atoms with E-state index in [0.717, 1.165) is 17.8 Å². The van der Waals surface area contributed by atoms with Gasteiger partial charge in [0.05, 0.1) is 29.6 Å². The van der Waals surface area contributed by atoms with Crippen molar-refractivity contribution in [3.8, 4) is 5.75 Å². The zero-order valence-corrected chi connectivity index (χ0v) is 18.7. The highest BCUT2D eigenvalue weighted by Gasteiger charge is 2.45. The average Bonchev–Trinajstić information content (AvgIpc) is 3.30. The Hall–Kier alpha value is -2.12. The monoisotopic (exact) mass is 455 g/mol. The van der Waals surface area contributed by atoms with E-state index in [1.165, 1.54) is 0 Å². The number of rotatable bonds is 8. The van der Waals surface area contributed by atoms with Crippen LogP contribution in [-0.4, -0.2) is 64.2 Å². The number of carbonyl (C=O) groups excluding carboxylic acids is 1. The van der Waals surface area contributed by atoms with Gasteiger partial charge in [-0.1, -0.05) is 24.2 Å². The molecule has 3 atom stereocenters. The molecule has 1 N–H and O–H groups in total. The van der Waals surface area contributed by atoms with Gasteiger partial charge in [0, 0.05) is 5.75 Å². The first-order valence-corrected chi connectivity index (χ1v) is 11.7. The summed E-state index contributed by atoms with van der Waals surface area (Å²) in [5, 5.41) is 24.2. The van der Waals surface area contributed by atoms with Crippen molar-refractivity contribution < 1.29 is 18.5 Å². The van der Waals surface area contributed by atoms with Crippen LogP contribution in [0.1, 0.15) is 20.3 Å². The lowest BCUT2D eigenvalue weighted by molar-refractivity contribution is 0.0552. The Balaban J connectivity index is 1.75. The van der Waals surface area contributed by atoms with E-state index in [-0.39, 0.29) is 18.3 Å². The molecule has 3 rings (SSSR count). The number of ether oxygens (including phenoxy) is 2. The second-order valence-electron chi connectivity index (χ2n) is 6.79. The lowest BCUT2D eigenvalue weighted by atomic mass is 10.3. The summed E-state index contributed by atoms with van der Waals surface area (Å²) in [6.45, 7) is 4.49. The average molecular weight is 456 g/mol. The third-order valence-electron chi connectivity index (χ3n) is 4.36. The molecule has 1 amide bonds. The van der Waals surface area contributed by atoms with Crippen molar-refractivity contribution in [1.82, 2.24) is 19.7 Å². The molecule has 1 aliphatic heterocycles. The Labute approximate surface area is 181 Å². The van der Waals surface area contributed by atoms with Gasteiger partial charge < -0.3 is 14.7 Å². The largest absolute Gasteiger partial charge is 0.622 e. The van der Waals surface area contributed by atoms with Gasteiger partial charge in [-0.3, -0.25) is 14.2 Å². The molecule has 1 aliphatic rings. The van der Waals surface area contributed by atoms with E-state index >= 15 is 0 Å². The van der Waals surface area contributed by atoms with Crippen molar-refractivity contribution in [2.75, 3.05) is 37.9 Å². The molecule has 12 heteroatoms. The molecule has 0 bridgehead atoms. The molecule has 10 nitrogen and oxygen atoms in total. The van der Waals surface area contributed by atoms with Crippen molar-refractivity contribution in [3.05, 3.63) is 29.5 Å². The van der Waals surface area contributed by atoms with Crippen LogP contribution < -0.4 is 14.7 Å². The van der Waals surface area contributed by atoms with E-state index in [4.69, 9.17) is 9.47 Å². The summed E-state index contributed by atoms with van der Waals surface area (Å²) in [6, 6.07) is 6.97. The molecular formula is C18H25N5O5S2. The van der Waals surface area contributed by atoms with E-state index in [2.05, 4.69) is 15.5 Å². The molecule has 0 aliphatic carbocycles. The summed E-state index contributed by atoms with van der Waals surface area (Å²) in [5.74, 6) is 0.963. The van der Waals surface area contributed by atoms with Crippen LogP contribution >= 0.6 is 11.3 Å². The molecule has 1 aromatic heterocycles. The first-order chi connectivity index (χ1) is 14.4. The number of nitrogens with one attached hydrogen (secondary N) is 1. The molecular weight excluding hydrogens is 430 g/mol. The van der Waals surface area contributed by atoms with E-state index < -0.39 is 27.8 Å². The third-order valence-corrected chi connectivity index (χ3v) is 7.24. The number of quaternary nitrogens is 1. The SMILES string of the molecule is CCCS(=O)c1nnc([N+]2([O-])CN(C)CC2OC(=O)Nc2ccccc2OCC)s1. The molecule has 1 fully saturated rings. The topological polar surface area (TPSA) is 117 Å². The number of para-hydroxylation sites is 2. The molecule has 0 spiro atoms. The maximum Gasteiger partial charge on any atom is 0.416 e. The van der Waals surface area contributed by atoms with Gasteiger partial charge in [0.15, 0.2) is 0 Å². The van der Waals surface area contributed by atoms with Crippen LogP contribution in [0.3, 0.4) is 0 Å². The van der Waals surface area contributed by atoms with Crippen LogP contribution in [0, 0.1) is 5.21 Å². The molecule has 1 aromatic carbocycles. The lowest BCUT2D eigenvalue weighted by Gasteiger charge is -2.38. The van der Waals surface area contributed by atoms with E-state index in [1.54, 1.807) is 36.2 Å². The zero-order valence-electron chi connectivity index (χ0n) is 17.1. The van der Waals surface area contributed by atoms with E-state index in [9.17, 15) is 14.2 Å². The standard InChI is InChI=1S/C18H25N5O5S2/c1-4-10-30(26)18-21-20-16(29-18)23(25)12-22(3)11-15(23)28-17(24)19-13-8-6-7-9-14(13)27-5-2/h6-9,15H,4-5,10-12H2,1-3H3,(H,19,24). The summed E-state index contributed by atoms with van der Waals surface area (Å²) in [4.78, 5) is 14.3. The van der Waals surface area contributed by atoms with Crippen molar-refractivity contribution in [2.24, 2.45) is 0 Å². The quantitative estimate of drug-likeness (QED) is 0.477. The molecule has 0 saturated carbocycles. The number of aromatic nitrogens is 2. The summed E-state index contributed by atoms with van der Waals surface area (Å²) in [7, 11) is 0.463. The predicted octanol–water partition coefficient (Wildman–Crippen LogP) is 2.74. The maximum atomic E-state index is 13.6. The van der Waals surface area contributed by atoms with Crippen molar-refractivity contribution >= 4 is 39.0 Å².